The molecule has 1 aromatic rings. The molecule has 0 amide bonds. The molecule has 3 N–H and O–H groups in total. The fraction of sp³-hybridized carbons (Fsp3) is 0.333. The Hall–Kier alpha value is -0.800. The molecular weight excluding hydrogens is 223 g/mol. The number of nitrogens with two attached hydrogens (primary N) is 1. The van der Waals surface area contributed by atoms with Crippen molar-refractivity contribution in [3.05, 3.63) is 16.1 Å². The summed E-state index contributed by atoms with van der Waals surface area (Å²) < 4.78 is 5.56. The fourth-order valence-electron chi connectivity index (χ4n) is 1.37. The first-order chi connectivity index (χ1) is 6.59. The number of hydrogen-bond acceptors (Lipinski definition) is 3. The Morgan fingerprint density at radius 2 is 2.29 bits per heavy atom. The molecule has 5 heteroatoms. The van der Waals surface area contributed by atoms with Crippen molar-refractivity contribution >= 4 is 34.6 Å². The quantitative estimate of drug-likeness (QED) is 0.677. The Morgan fingerprint density at radius 3 is 3.00 bits per heavy atom. The van der Waals surface area contributed by atoms with E-state index >= 15 is 0 Å². The van der Waals surface area contributed by atoms with E-state index in [9.17, 15) is 0 Å². The summed E-state index contributed by atoms with van der Waals surface area (Å²) in [5.74, 6) is 0.660. The third-order valence-electron chi connectivity index (χ3n) is 2.11. The van der Waals surface area contributed by atoms with Gasteiger partial charge in [-0.1, -0.05) is 23.2 Å². The minimum Gasteiger partial charge on any atom is -0.487 e. The monoisotopic (exact) mass is 232 g/mol. The SMILES string of the molecule is CC1CNc2c(cc(Cl)c(N)c2Cl)O1. The van der Waals surface area contributed by atoms with Gasteiger partial charge in [-0.15, -0.1) is 0 Å². The van der Waals surface area contributed by atoms with E-state index in [0.29, 0.717) is 28.0 Å². The van der Waals surface area contributed by atoms with Crippen LogP contribution in [-0.2, 0) is 0 Å². The van der Waals surface area contributed by atoms with Gasteiger partial charge in [0.05, 0.1) is 28.0 Å². The molecule has 76 valence electrons. The number of benzene rings is 1. The molecule has 1 unspecified atom stereocenters. The van der Waals surface area contributed by atoms with E-state index in [2.05, 4.69) is 5.32 Å². The van der Waals surface area contributed by atoms with Crippen LogP contribution < -0.4 is 15.8 Å². The van der Waals surface area contributed by atoms with Gasteiger partial charge >= 0.3 is 0 Å². The number of rotatable bonds is 0. The Kier molecular flexibility index (Phi) is 2.37. The molecular formula is C9H10Cl2N2O. The zero-order valence-electron chi connectivity index (χ0n) is 7.60. The van der Waals surface area contributed by atoms with Crippen molar-refractivity contribution in [2.75, 3.05) is 17.6 Å². The van der Waals surface area contributed by atoms with E-state index in [-0.39, 0.29) is 6.10 Å². The fourth-order valence-corrected chi connectivity index (χ4v) is 1.88. The summed E-state index contributed by atoms with van der Waals surface area (Å²) in [6, 6.07) is 1.68. The Balaban J connectivity index is 2.54. The number of nitrogens with one attached hydrogen (secondary N) is 1. The molecule has 1 aliphatic rings. The molecule has 0 fully saturated rings. The average molecular weight is 233 g/mol. The molecule has 1 aromatic carbocycles. The van der Waals surface area contributed by atoms with E-state index in [0.717, 1.165) is 5.69 Å². The highest BCUT2D eigenvalue weighted by atomic mass is 35.5. The first-order valence-corrected chi connectivity index (χ1v) is 5.03. The Bertz CT molecular complexity index is 382. The zero-order valence-corrected chi connectivity index (χ0v) is 9.12. The highest BCUT2D eigenvalue weighted by Gasteiger charge is 2.21. The van der Waals surface area contributed by atoms with Gasteiger partial charge in [0.25, 0.3) is 0 Å². The first-order valence-electron chi connectivity index (χ1n) is 4.27. The largest absolute Gasteiger partial charge is 0.487 e. The number of anilines is 2. The molecule has 1 heterocycles. The Labute approximate surface area is 92.1 Å². The standard InChI is InChI=1S/C9H10Cl2N2O/c1-4-3-13-9-6(14-4)2-5(10)8(12)7(9)11/h2,4,13H,3,12H2,1H3. The van der Waals surface area contributed by atoms with Crippen molar-refractivity contribution in [2.24, 2.45) is 0 Å². The van der Waals surface area contributed by atoms with E-state index in [4.69, 9.17) is 33.7 Å². The highest BCUT2D eigenvalue weighted by molar-refractivity contribution is 6.41. The van der Waals surface area contributed by atoms with Crippen LogP contribution in [0, 0.1) is 0 Å². The Morgan fingerprint density at radius 1 is 1.57 bits per heavy atom. The van der Waals surface area contributed by atoms with Crippen LogP contribution in [-0.4, -0.2) is 12.6 Å². The van der Waals surface area contributed by atoms with Gasteiger partial charge in [0.2, 0.25) is 0 Å². The average Bonchev–Trinajstić information content (AvgIpc) is 2.14. The third kappa shape index (κ3) is 1.47. The topological polar surface area (TPSA) is 47.3 Å². The lowest BCUT2D eigenvalue weighted by Crippen LogP contribution is -2.28. The van der Waals surface area contributed by atoms with Gasteiger partial charge in [0.1, 0.15) is 11.9 Å². The van der Waals surface area contributed by atoms with Crippen LogP contribution in [0.25, 0.3) is 0 Å². The van der Waals surface area contributed by atoms with E-state index in [1.807, 2.05) is 6.92 Å². The number of fused-ring (bicyclic) bond motifs is 1. The maximum atomic E-state index is 6.01. The molecule has 3 nitrogen and oxygen atoms in total. The number of halogens is 2. The molecule has 0 bridgehead atoms. The van der Waals surface area contributed by atoms with E-state index in [1.165, 1.54) is 0 Å². The minimum atomic E-state index is 0.109. The molecule has 0 saturated carbocycles. The molecule has 14 heavy (non-hydrogen) atoms. The van der Waals surface area contributed by atoms with Crippen LogP contribution >= 0.6 is 23.2 Å². The van der Waals surface area contributed by atoms with Gasteiger partial charge in [-0.2, -0.15) is 0 Å². The van der Waals surface area contributed by atoms with Gasteiger partial charge in [-0.25, -0.2) is 0 Å². The molecule has 2 rings (SSSR count). The van der Waals surface area contributed by atoms with Gasteiger partial charge in [-0.05, 0) is 6.92 Å². The van der Waals surface area contributed by atoms with Crippen molar-refractivity contribution in [3.8, 4) is 5.75 Å². The summed E-state index contributed by atoms with van der Waals surface area (Å²) in [4.78, 5) is 0. The molecule has 0 aromatic heterocycles. The molecule has 0 aliphatic carbocycles. The van der Waals surface area contributed by atoms with Crippen molar-refractivity contribution in [1.29, 1.82) is 0 Å². The summed E-state index contributed by atoms with van der Waals surface area (Å²) in [5, 5.41) is 4.00. The van der Waals surface area contributed by atoms with Crippen LogP contribution in [0.3, 0.4) is 0 Å². The molecule has 1 aliphatic heterocycles. The van der Waals surface area contributed by atoms with Crippen LogP contribution in [0.15, 0.2) is 6.07 Å². The van der Waals surface area contributed by atoms with Crippen LogP contribution in [0.2, 0.25) is 10.0 Å². The zero-order chi connectivity index (χ0) is 10.3. The summed E-state index contributed by atoms with van der Waals surface area (Å²) in [6.07, 6.45) is 0.109. The summed E-state index contributed by atoms with van der Waals surface area (Å²) in [6.45, 7) is 2.68. The summed E-state index contributed by atoms with van der Waals surface area (Å²) in [5.41, 5.74) is 6.80. The lowest BCUT2D eigenvalue weighted by molar-refractivity contribution is 0.226. The van der Waals surface area contributed by atoms with Crippen LogP contribution in [0.4, 0.5) is 11.4 Å². The predicted octanol–water partition coefficient (Wildman–Crippen LogP) is 2.77. The van der Waals surface area contributed by atoms with E-state index in [1.54, 1.807) is 6.07 Å². The number of nitrogen functional groups attached to an aromatic ring is 1. The maximum Gasteiger partial charge on any atom is 0.146 e. The minimum absolute atomic E-state index is 0.109. The molecule has 0 radical (unpaired) electrons. The summed E-state index contributed by atoms with van der Waals surface area (Å²) >= 11 is 11.9. The van der Waals surface area contributed by atoms with Gasteiger partial charge in [-0.3, -0.25) is 0 Å². The number of hydrogen-bond donors (Lipinski definition) is 2. The van der Waals surface area contributed by atoms with Crippen molar-refractivity contribution in [2.45, 2.75) is 13.0 Å². The highest BCUT2D eigenvalue weighted by Crippen LogP contribution is 2.43. The molecule has 0 saturated heterocycles. The second-order valence-corrected chi connectivity index (χ2v) is 4.05. The predicted molar refractivity (Wildman–Crippen MR) is 59.5 cm³/mol. The first kappa shape index (κ1) is 9.74. The molecule has 1 atom stereocenters. The van der Waals surface area contributed by atoms with Gasteiger partial charge < -0.3 is 15.8 Å². The van der Waals surface area contributed by atoms with Crippen LogP contribution in [0.1, 0.15) is 6.92 Å². The smallest absolute Gasteiger partial charge is 0.146 e. The van der Waals surface area contributed by atoms with Gasteiger partial charge in [0.15, 0.2) is 0 Å². The normalized spacial score (nSPS) is 19.5. The lowest BCUT2D eigenvalue weighted by atomic mass is 10.2. The second-order valence-electron chi connectivity index (χ2n) is 3.27. The van der Waals surface area contributed by atoms with Crippen molar-refractivity contribution < 1.29 is 4.74 Å². The molecule has 0 spiro atoms. The number of ether oxygens (including phenoxy) is 1. The van der Waals surface area contributed by atoms with Crippen LogP contribution in [0.5, 0.6) is 5.75 Å². The van der Waals surface area contributed by atoms with Gasteiger partial charge in [0, 0.05) is 6.07 Å². The summed E-state index contributed by atoms with van der Waals surface area (Å²) in [7, 11) is 0. The van der Waals surface area contributed by atoms with Crippen molar-refractivity contribution in [1.82, 2.24) is 0 Å². The maximum absolute atomic E-state index is 6.01. The van der Waals surface area contributed by atoms with Crippen molar-refractivity contribution in [3.63, 3.8) is 0 Å². The second kappa shape index (κ2) is 3.41. The van der Waals surface area contributed by atoms with E-state index < -0.39 is 0 Å². The lowest BCUT2D eigenvalue weighted by Gasteiger charge is -2.26. The third-order valence-corrected chi connectivity index (χ3v) is 2.82.